The highest BCUT2D eigenvalue weighted by Crippen LogP contribution is 2.20. The number of anilines is 1. The normalized spacial score (nSPS) is 10.7. The molecule has 0 radical (unpaired) electrons. The van der Waals surface area contributed by atoms with Gasteiger partial charge in [-0.1, -0.05) is 17.7 Å². The molecule has 0 heterocycles. The maximum Gasteiger partial charge on any atom is 0.323 e. The summed E-state index contributed by atoms with van der Waals surface area (Å²) in [6.45, 7) is -1.52. The minimum atomic E-state index is -2.61. The van der Waals surface area contributed by atoms with Crippen LogP contribution in [-0.4, -0.2) is 43.2 Å². The van der Waals surface area contributed by atoms with Crippen molar-refractivity contribution in [2.24, 2.45) is 0 Å². The molecule has 0 saturated heterocycles. The van der Waals surface area contributed by atoms with Crippen LogP contribution in [0.15, 0.2) is 24.3 Å². The number of aliphatic carboxylic acids is 1. The molecule has 21 heavy (non-hydrogen) atoms. The van der Waals surface area contributed by atoms with Crippen LogP contribution in [-0.2, 0) is 14.3 Å². The van der Waals surface area contributed by atoms with E-state index in [4.69, 9.17) is 16.7 Å². The predicted molar refractivity (Wildman–Crippen MR) is 72.9 cm³/mol. The molecule has 0 aromatic heterocycles. The van der Waals surface area contributed by atoms with Crippen molar-refractivity contribution >= 4 is 29.2 Å². The lowest BCUT2D eigenvalue weighted by Crippen LogP contribution is -2.36. The number of carboxylic acid groups (broad SMARTS) is 1. The van der Waals surface area contributed by atoms with Crippen molar-refractivity contribution in [2.75, 3.05) is 24.7 Å². The fourth-order valence-corrected chi connectivity index (χ4v) is 1.75. The van der Waals surface area contributed by atoms with Gasteiger partial charge in [-0.05, 0) is 18.2 Å². The third-order valence-electron chi connectivity index (χ3n) is 2.42. The Morgan fingerprint density at radius 2 is 2.10 bits per heavy atom. The van der Waals surface area contributed by atoms with Crippen LogP contribution < -0.4 is 4.90 Å². The Hall–Kier alpha value is -1.73. The second-order valence-corrected chi connectivity index (χ2v) is 4.51. The summed E-state index contributed by atoms with van der Waals surface area (Å²) in [6, 6.07) is 6.14. The minimum Gasteiger partial charge on any atom is -0.480 e. The minimum absolute atomic E-state index is 0.202. The Morgan fingerprint density at radius 3 is 2.67 bits per heavy atom. The van der Waals surface area contributed by atoms with Crippen LogP contribution >= 0.6 is 11.6 Å². The van der Waals surface area contributed by atoms with Crippen molar-refractivity contribution < 1.29 is 28.2 Å². The Bertz CT molecular complexity index is 499. The summed E-state index contributed by atoms with van der Waals surface area (Å²) in [7, 11) is 0. The van der Waals surface area contributed by atoms with E-state index in [0.29, 0.717) is 10.7 Å². The highest BCUT2D eigenvalue weighted by atomic mass is 35.5. The SMILES string of the molecule is O=C(O)CN(C(=O)CCOCC(F)F)c1cccc(Cl)c1. The van der Waals surface area contributed by atoms with Crippen molar-refractivity contribution in [3.05, 3.63) is 29.3 Å². The van der Waals surface area contributed by atoms with Crippen LogP contribution in [0.4, 0.5) is 14.5 Å². The van der Waals surface area contributed by atoms with Crippen LogP contribution in [0.25, 0.3) is 0 Å². The van der Waals surface area contributed by atoms with Gasteiger partial charge in [-0.25, -0.2) is 8.78 Å². The number of amides is 1. The van der Waals surface area contributed by atoms with Gasteiger partial charge in [0.1, 0.15) is 13.2 Å². The van der Waals surface area contributed by atoms with Crippen molar-refractivity contribution in [1.82, 2.24) is 0 Å². The lowest BCUT2D eigenvalue weighted by Gasteiger charge is -2.21. The third-order valence-corrected chi connectivity index (χ3v) is 2.65. The molecule has 0 atom stereocenters. The van der Waals surface area contributed by atoms with Gasteiger partial charge >= 0.3 is 5.97 Å². The second-order valence-electron chi connectivity index (χ2n) is 4.07. The summed E-state index contributed by atoms with van der Waals surface area (Å²) in [5.41, 5.74) is 0.323. The van der Waals surface area contributed by atoms with Gasteiger partial charge in [0.25, 0.3) is 6.43 Å². The molecule has 0 fully saturated rings. The molecule has 0 unspecified atom stereocenters. The largest absolute Gasteiger partial charge is 0.480 e. The maximum atomic E-state index is 12.0. The number of rotatable bonds is 8. The lowest BCUT2D eigenvalue weighted by atomic mass is 10.2. The summed E-state index contributed by atoms with van der Waals surface area (Å²) < 4.78 is 28.4. The number of carbonyl (C=O) groups excluding carboxylic acids is 1. The first-order valence-electron chi connectivity index (χ1n) is 6.03. The highest BCUT2D eigenvalue weighted by Gasteiger charge is 2.19. The first kappa shape index (κ1) is 17.3. The molecule has 0 aliphatic heterocycles. The molecule has 0 aliphatic carbocycles. The van der Waals surface area contributed by atoms with Crippen molar-refractivity contribution in [3.63, 3.8) is 0 Å². The topological polar surface area (TPSA) is 66.8 Å². The van der Waals surface area contributed by atoms with E-state index in [1.807, 2.05) is 0 Å². The zero-order valence-corrected chi connectivity index (χ0v) is 11.7. The van der Waals surface area contributed by atoms with Gasteiger partial charge in [0, 0.05) is 10.7 Å². The first-order valence-corrected chi connectivity index (χ1v) is 6.41. The smallest absolute Gasteiger partial charge is 0.323 e. The number of alkyl halides is 2. The molecule has 0 aliphatic rings. The Labute approximate surface area is 125 Å². The molecular weight excluding hydrogens is 308 g/mol. The summed E-state index contributed by atoms with van der Waals surface area (Å²) in [5, 5.41) is 9.20. The van der Waals surface area contributed by atoms with Crippen LogP contribution in [0.2, 0.25) is 5.02 Å². The number of carbonyl (C=O) groups is 2. The quantitative estimate of drug-likeness (QED) is 0.747. The standard InChI is InChI=1S/C13H14ClF2NO4/c14-9-2-1-3-10(6-9)17(7-13(19)20)12(18)4-5-21-8-11(15)16/h1-3,6,11H,4-5,7-8H2,(H,19,20). The fraction of sp³-hybridized carbons (Fsp3) is 0.385. The van der Waals surface area contributed by atoms with Gasteiger partial charge < -0.3 is 14.7 Å². The molecule has 0 spiro atoms. The molecule has 8 heteroatoms. The van der Waals surface area contributed by atoms with Crippen molar-refractivity contribution in [3.8, 4) is 0 Å². The number of hydrogen-bond acceptors (Lipinski definition) is 3. The number of hydrogen-bond donors (Lipinski definition) is 1. The molecule has 1 aromatic carbocycles. The molecule has 1 aromatic rings. The number of nitrogens with zero attached hydrogens (tertiary/aromatic N) is 1. The van der Waals surface area contributed by atoms with Gasteiger partial charge in [-0.2, -0.15) is 0 Å². The molecule has 1 amide bonds. The van der Waals surface area contributed by atoms with Crippen LogP contribution in [0, 0.1) is 0 Å². The number of benzene rings is 1. The summed E-state index contributed by atoms with van der Waals surface area (Å²) in [5.74, 6) is -1.74. The Balaban J connectivity index is 2.69. The fourth-order valence-electron chi connectivity index (χ4n) is 1.57. The van der Waals surface area contributed by atoms with Crippen LogP contribution in [0.1, 0.15) is 6.42 Å². The summed E-state index contributed by atoms with van der Waals surface area (Å²) in [6.07, 6.45) is -2.81. The van der Waals surface area contributed by atoms with Crippen molar-refractivity contribution in [2.45, 2.75) is 12.8 Å². The van der Waals surface area contributed by atoms with Crippen molar-refractivity contribution in [1.29, 1.82) is 0 Å². The first-order chi connectivity index (χ1) is 9.90. The number of halogens is 3. The number of carboxylic acids is 1. The van der Waals surface area contributed by atoms with Gasteiger partial charge in [-0.3, -0.25) is 9.59 Å². The average molecular weight is 322 g/mol. The summed E-state index contributed by atoms with van der Waals surface area (Å²) >= 11 is 5.80. The van der Waals surface area contributed by atoms with E-state index in [2.05, 4.69) is 4.74 Å². The monoisotopic (exact) mass is 321 g/mol. The Morgan fingerprint density at radius 1 is 1.38 bits per heavy atom. The van der Waals surface area contributed by atoms with Gasteiger partial charge in [0.15, 0.2) is 0 Å². The van der Waals surface area contributed by atoms with Crippen LogP contribution in [0.3, 0.4) is 0 Å². The second kappa shape index (κ2) is 8.53. The molecular formula is C13H14ClF2NO4. The zero-order valence-electron chi connectivity index (χ0n) is 11.0. The van der Waals surface area contributed by atoms with E-state index in [1.54, 1.807) is 12.1 Å². The van der Waals surface area contributed by atoms with Gasteiger partial charge in [0.2, 0.25) is 5.91 Å². The van der Waals surface area contributed by atoms with E-state index in [-0.39, 0.29) is 13.0 Å². The molecule has 5 nitrogen and oxygen atoms in total. The summed E-state index contributed by atoms with van der Waals surface area (Å²) in [4.78, 5) is 23.8. The van der Waals surface area contributed by atoms with E-state index in [1.165, 1.54) is 12.1 Å². The molecule has 1 N–H and O–H groups in total. The third kappa shape index (κ3) is 6.50. The number of ether oxygens (including phenoxy) is 1. The van der Waals surface area contributed by atoms with Crippen LogP contribution in [0.5, 0.6) is 0 Å². The molecule has 1 rings (SSSR count). The van der Waals surface area contributed by atoms with Gasteiger partial charge in [-0.15, -0.1) is 0 Å². The zero-order chi connectivity index (χ0) is 15.8. The highest BCUT2D eigenvalue weighted by molar-refractivity contribution is 6.30. The van der Waals surface area contributed by atoms with E-state index in [9.17, 15) is 18.4 Å². The molecule has 0 bridgehead atoms. The van der Waals surface area contributed by atoms with E-state index in [0.717, 1.165) is 4.90 Å². The molecule has 116 valence electrons. The van der Waals surface area contributed by atoms with E-state index < -0.39 is 31.5 Å². The maximum absolute atomic E-state index is 12.0. The van der Waals surface area contributed by atoms with E-state index >= 15 is 0 Å². The molecule has 0 saturated carbocycles. The average Bonchev–Trinajstić information content (AvgIpc) is 2.40. The predicted octanol–water partition coefficient (Wildman–Crippen LogP) is 2.43. The Kier molecular flexibility index (Phi) is 7.04. The van der Waals surface area contributed by atoms with Gasteiger partial charge in [0.05, 0.1) is 13.0 Å². The lowest BCUT2D eigenvalue weighted by molar-refractivity contribution is -0.136.